The quantitative estimate of drug-likeness (QED) is 0.761. The fraction of sp³-hybridized carbons (Fsp3) is 0.625. The zero-order valence-corrected chi connectivity index (χ0v) is 14.2. The number of sulfone groups is 1. The van der Waals surface area contributed by atoms with Gasteiger partial charge in [-0.05, 0) is 24.9 Å². The van der Waals surface area contributed by atoms with Crippen LogP contribution in [0, 0.1) is 5.92 Å². The van der Waals surface area contributed by atoms with Crippen molar-refractivity contribution in [3.05, 3.63) is 29.8 Å². The van der Waals surface area contributed by atoms with E-state index in [1.54, 1.807) is 7.11 Å². The van der Waals surface area contributed by atoms with Gasteiger partial charge in [0.15, 0.2) is 9.84 Å². The molecule has 1 aromatic rings. The normalized spacial score (nSPS) is 13.4. The van der Waals surface area contributed by atoms with Crippen molar-refractivity contribution in [2.24, 2.45) is 5.92 Å². The third kappa shape index (κ3) is 6.06. The average Bonchev–Trinajstić information content (AvgIpc) is 2.44. The van der Waals surface area contributed by atoms with Crippen LogP contribution in [0.15, 0.2) is 24.3 Å². The van der Waals surface area contributed by atoms with Crippen molar-refractivity contribution >= 4 is 9.84 Å². The Hall–Kier alpha value is -1.07. The highest BCUT2D eigenvalue weighted by atomic mass is 32.2. The van der Waals surface area contributed by atoms with Crippen molar-refractivity contribution in [1.29, 1.82) is 0 Å². The maximum absolute atomic E-state index is 12.3. The van der Waals surface area contributed by atoms with Crippen LogP contribution in [0.3, 0.4) is 0 Å². The number of para-hydroxylation sites is 1. The van der Waals surface area contributed by atoms with Crippen LogP contribution < -0.4 is 10.1 Å². The van der Waals surface area contributed by atoms with Crippen LogP contribution >= 0.6 is 0 Å². The van der Waals surface area contributed by atoms with Crippen molar-refractivity contribution in [1.82, 2.24) is 5.32 Å². The standard InChI is InChI=1S/C16H27NO3S/c1-5-17-15(12-21(18,19)11-10-13(2)3)14-8-6-7-9-16(14)20-4/h6-9,13,15,17H,5,10-12H2,1-4H3. The predicted molar refractivity (Wildman–Crippen MR) is 87.5 cm³/mol. The molecule has 120 valence electrons. The minimum absolute atomic E-state index is 0.105. The Kier molecular flexibility index (Phi) is 7.18. The third-order valence-corrected chi connectivity index (χ3v) is 5.09. The topological polar surface area (TPSA) is 55.4 Å². The predicted octanol–water partition coefficient (Wildman–Crippen LogP) is 2.81. The van der Waals surface area contributed by atoms with E-state index in [4.69, 9.17) is 4.74 Å². The van der Waals surface area contributed by atoms with Crippen LogP contribution in [0.1, 0.15) is 38.8 Å². The fourth-order valence-electron chi connectivity index (χ4n) is 2.21. The van der Waals surface area contributed by atoms with E-state index in [2.05, 4.69) is 5.32 Å². The molecule has 0 fully saturated rings. The summed E-state index contributed by atoms with van der Waals surface area (Å²) in [6.07, 6.45) is 0.701. The minimum Gasteiger partial charge on any atom is -0.496 e. The molecule has 0 saturated heterocycles. The second kappa shape index (κ2) is 8.39. The monoisotopic (exact) mass is 313 g/mol. The Bertz CT molecular complexity index is 526. The van der Waals surface area contributed by atoms with Crippen molar-refractivity contribution in [3.63, 3.8) is 0 Å². The van der Waals surface area contributed by atoms with Crippen LogP contribution in [0.2, 0.25) is 0 Å². The Morgan fingerprint density at radius 1 is 1.24 bits per heavy atom. The Labute approximate surface area is 128 Å². The van der Waals surface area contributed by atoms with Gasteiger partial charge in [0.25, 0.3) is 0 Å². The molecule has 21 heavy (non-hydrogen) atoms. The number of benzene rings is 1. The third-order valence-electron chi connectivity index (χ3n) is 3.39. The van der Waals surface area contributed by atoms with Gasteiger partial charge in [0, 0.05) is 11.6 Å². The molecule has 5 heteroatoms. The molecular formula is C16H27NO3S. The number of methoxy groups -OCH3 is 1. The summed E-state index contributed by atoms with van der Waals surface area (Å²) in [7, 11) is -1.48. The molecule has 0 aliphatic carbocycles. The number of hydrogen-bond donors (Lipinski definition) is 1. The molecule has 0 aliphatic rings. The lowest BCUT2D eigenvalue weighted by atomic mass is 10.1. The molecule has 0 heterocycles. The second-order valence-electron chi connectivity index (χ2n) is 5.65. The van der Waals surface area contributed by atoms with Gasteiger partial charge in [-0.25, -0.2) is 8.42 Å². The van der Waals surface area contributed by atoms with Gasteiger partial charge in [-0.15, -0.1) is 0 Å². The van der Waals surface area contributed by atoms with Crippen LogP contribution in [0.5, 0.6) is 5.75 Å². The maximum Gasteiger partial charge on any atom is 0.152 e. The molecule has 1 unspecified atom stereocenters. The first kappa shape index (κ1) is 18.0. The highest BCUT2D eigenvalue weighted by Gasteiger charge is 2.22. The largest absolute Gasteiger partial charge is 0.496 e. The number of rotatable bonds is 9. The van der Waals surface area contributed by atoms with Gasteiger partial charge in [-0.1, -0.05) is 39.0 Å². The number of ether oxygens (including phenoxy) is 1. The Morgan fingerprint density at radius 3 is 2.48 bits per heavy atom. The van der Waals surface area contributed by atoms with Gasteiger partial charge in [0.05, 0.1) is 18.6 Å². The number of nitrogens with one attached hydrogen (secondary N) is 1. The van der Waals surface area contributed by atoms with Gasteiger partial charge in [-0.3, -0.25) is 0 Å². The first-order valence-corrected chi connectivity index (χ1v) is 9.28. The summed E-state index contributed by atoms with van der Waals surface area (Å²) in [5, 5.41) is 3.26. The lowest BCUT2D eigenvalue weighted by molar-refractivity contribution is 0.402. The zero-order chi connectivity index (χ0) is 15.9. The molecule has 1 rings (SSSR count). The molecule has 0 spiro atoms. The Morgan fingerprint density at radius 2 is 1.90 bits per heavy atom. The summed E-state index contributed by atoms with van der Waals surface area (Å²) >= 11 is 0. The molecule has 4 nitrogen and oxygen atoms in total. The summed E-state index contributed by atoms with van der Waals surface area (Å²) in [4.78, 5) is 0. The van der Waals surface area contributed by atoms with Gasteiger partial charge < -0.3 is 10.1 Å². The molecule has 0 saturated carbocycles. The smallest absolute Gasteiger partial charge is 0.152 e. The average molecular weight is 313 g/mol. The van der Waals surface area contributed by atoms with E-state index in [0.29, 0.717) is 18.9 Å². The maximum atomic E-state index is 12.3. The molecule has 0 aliphatic heterocycles. The van der Waals surface area contributed by atoms with Gasteiger partial charge in [-0.2, -0.15) is 0 Å². The lowest BCUT2D eigenvalue weighted by Gasteiger charge is -2.21. The zero-order valence-electron chi connectivity index (χ0n) is 13.4. The van der Waals surface area contributed by atoms with Crippen molar-refractivity contribution in [2.45, 2.75) is 33.2 Å². The first-order valence-electron chi connectivity index (χ1n) is 7.46. The highest BCUT2D eigenvalue weighted by molar-refractivity contribution is 7.91. The van der Waals surface area contributed by atoms with Crippen LogP contribution in [-0.4, -0.2) is 33.6 Å². The van der Waals surface area contributed by atoms with Gasteiger partial charge >= 0.3 is 0 Å². The van der Waals surface area contributed by atoms with Gasteiger partial charge in [0.2, 0.25) is 0 Å². The van der Waals surface area contributed by atoms with Crippen LogP contribution in [-0.2, 0) is 9.84 Å². The van der Waals surface area contributed by atoms with Gasteiger partial charge in [0.1, 0.15) is 5.75 Å². The summed E-state index contributed by atoms with van der Waals surface area (Å²) in [6.45, 7) is 6.76. The van der Waals surface area contributed by atoms with E-state index in [1.165, 1.54) is 0 Å². The highest BCUT2D eigenvalue weighted by Crippen LogP contribution is 2.26. The van der Waals surface area contributed by atoms with Crippen LogP contribution in [0.4, 0.5) is 0 Å². The molecule has 1 atom stereocenters. The van der Waals surface area contributed by atoms with E-state index in [0.717, 1.165) is 11.3 Å². The van der Waals surface area contributed by atoms with E-state index in [9.17, 15) is 8.42 Å². The molecule has 0 bridgehead atoms. The van der Waals surface area contributed by atoms with E-state index >= 15 is 0 Å². The van der Waals surface area contributed by atoms with E-state index < -0.39 is 9.84 Å². The molecule has 0 radical (unpaired) electrons. The molecule has 1 aromatic carbocycles. The summed E-state index contributed by atoms with van der Waals surface area (Å²) < 4.78 is 30.0. The fourth-order valence-corrected chi connectivity index (χ4v) is 4.01. The SMILES string of the molecule is CCNC(CS(=O)(=O)CCC(C)C)c1ccccc1OC. The summed E-state index contributed by atoms with van der Waals surface area (Å²) in [5.74, 6) is 1.46. The van der Waals surface area contributed by atoms with Crippen molar-refractivity contribution in [3.8, 4) is 5.75 Å². The summed E-state index contributed by atoms with van der Waals surface area (Å²) in [6, 6.07) is 7.34. The summed E-state index contributed by atoms with van der Waals surface area (Å²) in [5.41, 5.74) is 0.898. The molecule has 0 amide bonds. The number of hydrogen-bond acceptors (Lipinski definition) is 4. The Balaban J connectivity index is 2.92. The molecule has 1 N–H and O–H groups in total. The minimum atomic E-state index is -3.09. The van der Waals surface area contributed by atoms with E-state index in [1.807, 2.05) is 45.0 Å². The van der Waals surface area contributed by atoms with Crippen molar-refractivity contribution < 1.29 is 13.2 Å². The van der Waals surface area contributed by atoms with Crippen molar-refractivity contribution in [2.75, 3.05) is 25.2 Å². The molecule has 0 aromatic heterocycles. The lowest BCUT2D eigenvalue weighted by Crippen LogP contribution is -2.29. The van der Waals surface area contributed by atoms with Crippen LogP contribution in [0.25, 0.3) is 0 Å². The van der Waals surface area contributed by atoms with E-state index in [-0.39, 0.29) is 17.5 Å². The second-order valence-corrected chi connectivity index (χ2v) is 7.88. The first-order chi connectivity index (χ1) is 9.89. The molecular weight excluding hydrogens is 286 g/mol.